The van der Waals surface area contributed by atoms with Crippen molar-refractivity contribution >= 4 is 0 Å². The number of hydrogen-bond donors (Lipinski definition) is 1. The summed E-state index contributed by atoms with van der Waals surface area (Å²) in [5, 5.41) is 0. The first-order valence-corrected chi connectivity index (χ1v) is 7.49. The van der Waals surface area contributed by atoms with Gasteiger partial charge in [-0.15, -0.1) is 0 Å². The number of ether oxygens (including phenoxy) is 2. The van der Waals surface area contributed by atoms with E-state index in [2.05, 4.69) is 4.90 Å². The molecule has 1 aliphatic rings. The molecule has 1 heterocycles. The van der Waals surface area contributed by atoms with E-state index < -0.39 is 0 Å². The third-order valence-corrected chi connectivity index (χ3v) is 4.13. The average Bonchev–Trinajstić information content (AvgIpc) is 2.66. The number of hydrogen-bond acceptors (Lipinski definition) is 4. The van der Waals surface area contributed by atoms with Crippen molar-refractivity contribution in [3.05, 3.63) is 29.6 Å². The molecular formula is C16H25FN2O2. The molecule has 2 N–H and O–H groups in total. The summed E-state index contributed by atoms with van der Waals surface area (Å²) in [7, 11) is 3.17. The fourth-order valence-corrected chi connectivity index (χ4v) is 3.05. The van der Waals surface area contributed by atoms with E-state index in [9.17, 15) is 4.39 Å². The van der Waals surface area contributed by atoms with E-state index in [1.54, 1.807) is 19.2 Å². The van der Waals surface area contributed by atoms with Gasteiger partial charge in [0.2, 0.25) is 0 Å². The molecule has 1 aromatic rings. The third-order valence-electron chi connectivity index (χ3n) is 4.13. The van der Waals surface area contributed by atoms with Crippen molar-refractivity contribution in [2.45, 2.75) is 31.3 Å². The molecule has 118 valence electrons. The van der Waals surface area contributed by atoms with E-state index in [0.717, 1.165) is 37.9 Å². The predicted molar refractivity (Wildman–Crippen MR) is 81.0 cm³/mol. The Morgan fingerprint density at radius 3 is 2.81 bits per heavy atom. The van der Waals surface area contributed by atoms with E-state index in [1.165, 1.54) is 7.11 Å². The number of halogens is 1. The van der Waals surface area contributed by atoms with Gasteiger partial charge in [0.05, 0.1) is 19.8 Å². The number of nitrogens with zero attached hydrogens (tertiary/aromatic N) is 1. The van der Waals surface area contributed by atoms with Crippen LogP contribution in [0.25, 0.3) is 0 Å². The van der Waals surface area contributed by atoms with E-state index in [-0.39, 0.29) is 23.7 Å². The minimum atomic E-state index is -0.335. The quantitative estimate of drug-likeness (QED) is 0.906. The molecule has 1 fully saturated rings. The first-order valence-electron chi connectivity index (χ1n) is 7.49. The number of rotatable bonds is 5. The van der Waals surface area contributed by atoms with Crippen molar-refractivity contribution < 1.29 is 13.9 Å². The Labute approximate surface area is 126 Å². The molecule has 0 amide bonds. The van der Waals surface area contributed by atoms with Gasteiger partial charge in [0.25, 0.3) is 0 Å². The maximum absolute atomic E-state index is 14.0. The molecule has 0 saturated carbocycles. The van der Waals surface area contributed by atoms with Gasteiger partial charge >= 0.3 is 0 Å². The van der Waals surface area contributed by atoms with Crippen LogP contribution in [0, 0.1) is 5.82 Å². The van der Waals surface area contributed by atoms with Gasteiger partial charge in [-0.25, -0.2) is 4.39 Å². The Morgan fingerprint density at radius 1 is 1.33 bits per heavy atom. The minimum Gasteiger partial charge on any atom is -0.494 e. The van der Waals surface area contributed by atoms with Crippen molar-refractivity contribution in [1.82, 2.24) is 4.90 Å². The van der Waals surface area contributed by atoms with Crippen LogP contribution in [0.1, 0.15) is 30.9 Å². The smallest absolute Gasteiger partial charge is 0.165 e. The number of nitrogens with two attached hydrogens (primary N) is 1. The Hall–Kier alpha value is -1.17. The average molecular weight is 296 g/mol. The molecule has 5 heteroatoms. The van der Waals surface area contributed by atoms with Crippen molar-refractivity contribution in [3.63, 3.8) is 0 Å². The van der Waals surface area contributed by atoms with Crippen LogP contribution in [0.15, 0.2) is 18.2 Å². The highest BCUT2D eigenvalue weighted by molar-refractivity contribution is 5.32. The van der Waals surface area contributed by atoms with Crippen LogP contribution in [-0.2, 0) is 4.74 Å². The van der Waals surface area contributed by atoms with Crippen LogP contribution in [0.2, 0.25) is 0 Å². The molecule has 2 unspecified atom stereocenters. The topological polar surface area (TPSA) is 47.7 Å². The molecule has 0 aliphatic carbocycles. The van der Waals surface area contributed by atoms with Crippen LogP contribution in [-0.4, -0.2) is 44.9 Å². The largest absolute Gasteiger partial charge is 0.494 e. The van der Waals surface area contributed by atoms with E-state index in [1.807, 2.05) is 6.07 Å². The Kier molecular flexibility index (Phi) is 5.96. The lowest BCUT2D eigenvalue weighted by atomic mass is 9.96. The standard InChI is InChI=1S/C16H25FN2O2/c1-20-10-9-19-8-4-3-5-14(18)16(19)12-6-7-15(21-2)13(17)11-12/h6-7,11,14,16H,3-5,8-10,18H2,1-2H3. The fourth-order valence-electron chi connectivity index (χ4n) is 3.05. The fraction of sp³-hybridized carbons (Fsp3) is 0.625. The molecule has 21 heavy (non-hydrogen) atoms. The van der Waals surface area contributed by atoms with Gasteiger partial charge < -0.3 is 15.2 Å². The zero-order valence-corrected chi connectivity index (χ0v) is 12.8. The van der Waals surface area contributed by atoms with Crippen LogP contribution in [0.5, 0.6) is 5.75 Å². The van der Waals surface area contributed by atoms with Gasteiger partial charge in [0.15, 0.2) is 11.6 Å². The molecule has 0 bridgehead atoms. The molecule has 0 aromatic heterocycles. The minimum absolute atomic E-state index is 0.0113. The van der Waals surface area contributed by atoms with Crippen molar-refractivity contribution in [2.24, 2.45) is 5.73 Å². The molecule has 0 spiro atoms. The van der Waals surface area contributed by atoms with Gasteiger partial charge in [-0.05, 0) is 37.1 Å². The normalized spacial score (nSPS) is 23.8. The second kappa shape index (κ2) is 7.73. The molecule has 1 saturated heterocycles. The molecular weight excluding hydrogens is 271 g/mol. The highest BCUT2D eigenvalue weighted by Crippen LogP contribution is 2.31. The molecule has 2 rings (SSSR count). The molecule has 1 aromatic carbocycles. The maximum Gasteiger partial charge on any atom is 0.165 e. The Morgan fingerprint density at radius 2 is 2.14 bits per heavy atom. The summed E-state index contributed by atoms with van der Waals surface area (Å²) in [6, 6.07) is 5.18. The zero-order valence-electron chi connectivity index (χ0n) is 12.8. The molecule has 1 aliphatic heterocycles. The van der Waals surface area contributed by atoms with Crippen molar-refractivity contribution in [3.8, 4) is 5.75 Å². The highest BCUT2D eigenvalue weighted by atomic mass is 19.1. The third kappa shape index (κ3) is 3.93. The van der Waals surface area contributed by atoms with E-state index in [4.69, 9.17) is 15.2 Å². The van der Waals surface area contributed by atoms with Crippen LogP contribution >= 0.6 is 0 Å². The number of likely N-dealkylation sites (tertiary alicyclic amines) is 1. The van der Waals surface area contributed by atoms with Crippen LogP contribution < -0.4 is 10.5 Å². The second-order valence-corrected chi connectivity index (χ2v) is 5.53. The lowest BCUT2D eigenvalue weighted by Crippen LogP contribution is -2.41. The first-order chi connectivity index (χ1) is 10.2. The summed E-state index contributed by atoms with van der Waals surface area (Å²) in [4.78, 5) is 2.31. The van der Waals surface area contributed by atoms with Gasteiger partial charge in [-0.1, -0.05) is 12.5 Å². The Bertz CT molecular complexity index is 456. The summed E-state index contributed by atoms with van der Waals surface area (Å²) >= 11 is 0. The first kappa shape index (κ1) is 16.2. The van der Waals surface area contributed by atoms with E-state index >= 15 is 0 Å². The summed E-state index contributed by atoms with van der Waals surface area (Å²) < 4.78 is 24.2. The lowest BCUT2D eigenvalue weighted by molar-refractivity contribution is 0.115. The summed E-state index contributed by atoms with van der Waals surface area (Å²) in [5.74, 6) is -0.0671. The SMILES string of the molecule is COCCN1CCCCC(N)C1c1ccc(OC)c(F)c1. The van der Waals surface area contributed by atoms with Gasteiger partial charge in [0, 0.05) is 19.7 Å². The van der Waals surface area contributed by atoms with Crippen molar-refractivity contribution in [1.29, 1.82) is 0 Å². The molecule has 2 atom stereocenters. The van der Waals surface area contributed by atoms with Gasteiger partial charge in [-0.3, -0.25) is 4.90 Å². The maximum atomic E-state index is 14.0. The van der Waals surface area contributed by atoms with E-state index in [0.29, 0.717) is 6.61 Å². The van der Waals surface area contributed by atoms with Crippen molar-refractivity contribution in [2.75, 3.05) is 33.9 Å². The monoisotopic (exact) mass is 296 g/mol. The van der Waals surface area contributed by atoms with Crippen LogP contribution in [0.3, 0.4) is 0 Å². The second-order valence-electron chi connectivity index (χ2n) is 5.53. The van der Waals surface area contributed by atoms with Gasteiger partial charge in [-0.2, -0.15) is 0 Å². The molecule has 0 radical (unpaired) electrons. The van der Waals surface area contributed by atoms with Gasteiger partial charge in [0.1, 0.15) is 0 Å². The zero-order chi connectivity index (χ0) is 15.2. The Balaban J connectivity index is 2.27. The summed E-state index contributed by atoms with van der Waals surface area (Å²) in [6.07, 6.45) is 3.19. The summed E-state index contributed by atoms with van der Waals surface area (Å²) in [5.41, 5.74) is 7.27. The molecule has 4 nitrogen and oxygen atoms in total. The lowest BCUT2D eigenvalue weighted by Gasteiger charge is -2.33. The summed E-state index contributed by atoms with van der Waals surface area (Å²) in [6.45, 7) is 2.43. The highest BCUT2D eigenvalue weighted by Gasteiger charge is 2.29. The van der Waals surface area contributed by atoms with Crippen LogP contribution in [0.4, 0.5) is 4.39 Å². The number of methoxy groups -OCH3 is 2. The predicted octanol–water partition coefficient (Wildman–Crippen LogP) is 2.33. The number of benzene rings is 1.